The van der Waals surface area contributed by atoms with Gasteiger partial charge in [-0.2, -0.15) is 5.10 Å². The molecule has 0 saturated heterocycles. The molecular formula is C11H12N4O4. The summed E-state index contributed by atoms with van der Waals surface area (Å²) >= 11 is 0. The largest absolute Gasteiger partial charge is 0.475 e. The number of H-pyrrole nitrogens is 1. The molecule has 8 nitrogen and oxygen atoms in total. The number of nitrogens with one attached hydrogen (secondary N) is 1. The Morgan fingerprint density at radius 3 is 2.63 bits per heavy atom. The lowest BCUT2D eigenvalue weighted by atomic mass is 10.3. The van der Waals surface area contributed by atoms with E-state index >= 15 is 0 Å². The van der Waals surface area contributed by atoms with Crippen LogP contribution in [0.15, 0.2) is 16.5 Å². The first-order chi connectivity index (χ1) is 8.97. The second-order valence-electron chi connectivity index (χ2n) is 3.97. The van der Waals surface area contributed by atoms with Crippen molar-refractivity contribution >= 4 is 11.9 Å². The quantitative estimate of drug-likeness (QED) is 0.839. The van der Waals surface area contributed by atoms with Gasteiger partial charge >= 0.3 is 5.97 Å². The van der Waals surface area contributed by atoms with E-state index in [1.165, 1.54) is 17.0 Å². The third-order valence-corrected chi connectivity index (χ3v) is 2.40. The number of carbonyl (C=O) groups excluding carboxylic acids is 1. The van der Waals surface area contributed by atoms with Gasteiger partial charge in [0.15, 0.2) is 11.6 Å². The molecular weight excluding hydrogens is 252 g/mol. The van der Waals surface area contributed by atoms with Crippen LogP contribution in [0.5, 0.6) is 0 Å². The molecule has 0 atom stereocenters. The van der Waals surface area contributed by atoms with Gasteiger partial charge in [-0.3, -0.25) is 9.89 Å². The Balaban J connectivity index is 2.07. The zero-order chi connectivity index (χ0) is 14.0. The molecule has 19 heavy (non-hydrogen) atoms. The summed E-state index contributed by atoms with van der Waals surface area (Å²) in [5, 5.41) is 15.3. The fourth-order valence-electron chi connectivity index (χ4n) is 1.50. The number of amides is 1. The van der Waals surface area contributed by atoms with E-state index in [0.717, 1.165) is 0 Å². The number of carboxylic acids is 1. The first-order valence-corrected chi connectivity index (χ1v) is 5.44. The molecule has 2 aromatic rings. The van der Waals surface area contributed by atoms with Crippen LogP contribution in [-0.4, -0.2) is 44.1 Å². The highest BCUT2D eigenvalue weighted by Crippen LogP contribution is 2.11. The maximum atomic E-state index is 12.0. The summed E-state index contributed by atoms with van der Waals surface area (Å²) < 4.78 is 4.93. The minimum absolute atomic E-state index is 0.0350. The zero-order valence-electron chi connectivity index (χ0n) is 10.4. The van der Waals surface area contributed by atoms with Crippen LogP contribution in [0.25, 0.3) is 0 Å². The van der Waals surface area contributed by atoms with Gasteiger partial charge in [0.25, 0.3) is 5.91 Å². The Morgan fingerprint density at radius 2 is 2.11 bits per heavy atom. The van der Waals surface area contributed by atoms with Crippen molar-refractivity contribution in [3.8, 4) is 0 Å². The van der Waals surface area contributed by atoms with Crippen LogP contribution in [0.1, 0.15) is 32.8 Å². The Kier molecular flexibility index (Phi) is 3.32. The van der Waals surface area contributed by atoms with Gasteiger partial charge in [0.2, 0.25) is 5.76 Å². The molecule has 0 aromatic carbocycles. The summed E-state index contributed by atoms with van der Waals surface area (Å²) in [6, 6.07) is 2.56. The first kappa shape index (κ1) is 12.8. The maximum absolute atomic E-state index is 12.0. The van der Waals surface area contributed by atoms with Gasteiger partial charge in [-0.1, -0.05) is 0 Å². The van der Waals surface area contributed by atoms with Crippen LogP contribution in [0.2, 0.25) is 0 Å². The number of aromatic amines is 1. The second-order valence-corrected chi connectivity index (χ2v) is 3.97. The minimum Gasteiger partial charge on any atom is -0.475 e. The number of aromatic carboxylic acids is 1. The number of carbonyl (C=O) groups is 2. The lowest BCUT2D eigenvalue weighted by Gasteiger charge is -2.12. The van der Waals surface area contributed by atoms with E-state index in [4.69, 9.17) is 9.52 Å². The molecule has 2 rings (SSSR count). The number of aryl methyl sites for hydroxylation is 1. The Labute approximate surface area is 108 Å². The first-order valence-electron chi connectivity index (χ1n) is 5.44. The van der Waals surface area contributed by atoms with Crippen LogP contribution in [0, 0.1) is 6.92 Å². The number of nitrogens with zero attached hydrogens (tertiary/aromatic N) is 3. The predicted octanol–water partition coefficient (Wildman–Crippen LogP) is 0.677. The molecule has 8 heteroatoms. The summed E-state index contributed by atoms with van der Waals surface area (Å²) in [5.74, 6) is -0.834. The van der Waals surface area contributed by atoms with E-state index in [2.05, 4.69) is 15.2 Å². The lowest BCUT2D eigenvalue weighted by molar-refractivity contribution is 0.0652. The Hall–Kier alpha value is -2.64. The van der Waals surface area contributed by atoms with Gasteiger partial charge in [-0.15, -0.1) is 0 Å². The van der Waals surface area contributed by atoms with E-state index < -0.39 is 11.9 Å². The summed E-state index contributed by atoms with van der Waals surface area (Å²) in [7, 11) is 1.55. The van der Waals surface area contributed by atoms with Crippen molar-refractivity contribution in [1.29, 1.82) is 0 Å². The maximum Gasteiger partial charge on any atom is 0.371 e. The Bertz CT molecular complexity index is 616. The number of furan rings is 1. The Morgan fingerprint density at radius 1 is 1.42 bits per heavy atom. The topological polar surface area (TPSA) is 112 Å². The molecule has 1 amide bonds. The van der Waals surface area contributed by atoms with Gasteiger partial charge in [0, 0.05) is 7.05 Å². The lowest BCUT2D eigenvalue weighted by Crippen LogP contribution is -2.26. The molecule has 0 fully saturated rings. The van der Waals surface area contributed by atoms with Gasteiger partial charge in [-0.05, 0) is 19.1 Å². The molecule has 0 bridgehead atoms. The molecule has 0 saturated carbocycles. The van der Waals surface area contributed by atoms with E-state index in [1.807, 2.05) is 0 Å². The number of carboxylic acid groups (broad SMARTS) is 1. The van der Waals surface area contributed by atoms with Gasteiger partial charge in [-0.25, -0.2) is 9.78 Å². The third kappa shape index (κ3) is 2.79. The van der Waals surface area contributed by atoms with Crippen molar-refractivity contribution in [2.45, 2.75) is 13.5 Å². The molecule has 2 N–H and O–H groups in total. The van der Waals surface area contributed by atoms with E-state index in [1.54, 1.807) is 14.0 Å². The van der Waals surface area contributed by atoms with Crippen molar-refractivity contribution in [3.05, 3.63) is 35.3 Å². The second kappa shape index (κ2) is 4.92. The van der Waals surface area contributed by atoms with E-state index in [9.17, 15) is 9.59 Å². The van der Waals surface area contributed by atoms with Crippen LogP contribution >= 0.6 is 0 Å². The fourth-order valence-corrected chi connectivity index (χ4v) is 1.50. The van der Waals surface area contributed by atoms with Crippen LogP contribution in [-0.2, 0) is 6.54 Å². The monoisotopic (exact) mass is 264 g/mol. The van der Waals surface area contributed by atoms with Crippen LogP contribution in [0.3, 0.4) is 0 Å². The summed E-state index contributed by atoms with van der Waals surface area (Å²) in [6.45, 7) is 1.95. The minimum atomic E-state index is -1.22. The van der Waals surface area contributed by atoms with E-state index in [0.29, 0.717) is 11.6 Å². The van der Waals surface area contributed by atoms with Crippen molar-refractivity contribution < 1.29 is 19.1 Å². The average molecular weight is 264 g/mol. The van der Waals surface area contributed by atoms with Gasteiger partial charge in [0.05, 0.1) is 6.54 Å². The zero-order valence-corrected chi connectivity index (χ0v) is 10.4. The number of hydrogen-bond donors (Lipinski definition) is 2. The van der Waals surface area contributed by atoms with Crippen molar-refractivity contribution in [2.75, 3.05) is 7.05 Å². The molecule has 0 aliphatic carbocycles. The molecule has 2 aromatic heterocycles. The van der Waals surface area contributed by atoms with E-state index in [-0.39, 0.29) is 18.1 Å². The van der Waals surface area contributed by atoms with Gasteiger partial charge in [0.1, 0.15) is 5.82 Å². The third-order valence-electron chi connectivity index (χ3n) is 2.40. The standard InChI is InChI=1S/C11H12N4O4/c1-6-12-9(14-13-6)5-15(2)10(16)7-3-4-8(19-7)11(17)18/h3-4H,5H2,1-2H3,(H,17,18)(H,12,13,14). The normalized spacial score (nSPS) is 10.4. The molecule has 0 spiro atoms. The smallest absolute Gasteiger partial charge is 0.371 e. The molecule has 2 heterocycles. The molecule has 100 valence electrons. The SMILES string of the molecule is Cc1nc(CN(C)C(=O)c2ccc(C(=O)O)o2)n[nH]1. The van der Waals surface area contributed by atoms with Crippen LogP contribution < -0.4 is 0 Å². The fraction of sp³-hybridized carbons (Fsp3) is 0.273. The van der Waals surface area contributed by atoms with Crippen molar-refractivity contribution in [2.24, 2.45) is 0 Å². The summed E-state index contributed by atoms with van der Waals surface area (Å²) in [5.41, 5.74) is 0. The van der Waals surface area contributed by atoms with Gasteiger partial charge < -0.3 is 14.4 Å². The van der Waals surface area contributed by atoms with Crippen LogP contribution in [0.4, 0.5) is 0 Å². The number of hydrogen-bond acceptors (Lipinski definition) is 5. The molecule has 0 radical (unpaired) electrons. The summed E-state index contributed by atoms with van der Waals surface area (Å²) in [4.78, 5) is 28.0. The highest BCUT2D eigenvalue weighted by Gasteiger charge is 2.19. The number of rotatable bonds is 4. The number of aromatic nitrogens is 3. The highest BCUT2D eigenvalue weighted by molar-refractivity contribution is 5.93. The predicted molar refractivity (Wildman–Crippen MR) is 62.6 cm³/mol. The summed E-state index contributed by atoms with van der Waals surface area (Å²) in [6.07, 6.45) is 0. The molecule has 0 unspecified atom stereocenters. The average Bonchev–Trinajstić information content (AvgIpc) is 2.97. The van der Waals surface area contributed by atoms with Crippen molar-refractivity contribution in [3.63, 3.8) is 0 Å². The molecule has 0 aliphatic heterocycles. The van der Waals surface area contributed by atoms with Crippen molar-refractivity contribution in [1.82, 2.24) is 20.1 Å². The highest BCUT2D eigenvalue weighted by atomic mass is 16.4. The molecule has 0 aliphatic rings.